The van der Waals surface area contributed by atoms with Gasteiger partial charge in [0.2, 0.25) is 0 Å². The van der Waals surface area contributed by atoms with Crippen LogP contribution in [-0.4, -0.2) is 28.0 Å². The van der Waals surface area contributed by atoms with E-state index in [9.17, 15) is 15.2 Å². The Hall–Kier alpha value is -3.83. The summed E-state index contributed by atoms with van der Waals surface area (Å²) >= 11 is 0. The highest BCUT2D eigenvalue weighted by molar-refractivity contribution is 5.90. The first-order chi connectivity index (χ1) is 14.8. The predicted molar refractivity (Wildman–Crippen MR) is 113 cm³/mol. The van der Waals surface area contributed by atoms with Gasteiger partial charge >= 0.3 is 6.03 Å². The van der Waals surface area contributed by atoms with Crippen LogP contribution >= 0.6 is 0 Å². The number of ether oxygens (including phenoxy) is 1. The van der Waals surface area contributed by atoms with Gasteiger partial charge in [-0.05, 0) is 51.1 Å². The fraction of sp³-hybridized carbons (Fsp3) is 0.261. The van der Waals surface area contributed by atoms with E-state index in [1.807, 2.05) is 19.1 Å². The number of amides is 2. The summed E-state index contributed by atoms with van der Waals surface area (Å²) in [6, 6.07) is 14.8. The molecule has 1 aliphatic heterocycles. The molecule has 2 heterocycles. The monoisotopic (exact) mass is 418 g/mol. The lowest BCUT2D eigenvalue weighted by Gasteiger charge is -2.42. The smallest absolute Gasteiger partial charge is 0.319 e. The van der Waals surface area contributed by atoms with E-state index in [2.05, 4.69) is 21.9 Å². The molecule has 3 N–H and O–H groups in total. The summed E-state index contributed by atoms with van der Waals surface area (Å²) < 4.78 is 11.0. The number of rotatable bonds is 3. The zero-order valence-corrected chi connectivity index (χ0v) is 17.3. The van der Waals surface area contributed by atoms with Crippen molar-refractivity contribution in [3.8, 4) is 23.1 Å². The van der Waals surface area contributed by atoms with Crippen molar-refractivity contribution < 1.29 is 19.2 Å². The van der Waals surface area contributed by atoms with E-state index in [0.29, 0.717) is 34.0 Å². The number of aryl methyl sites for hydroxylation is 1. The van der Waals surface area contributed by atoms with Gasteiger partial charge in [0.05, 0.1) is 17.7 Å². The number of anilines is 1. The molecule has 4 rings (SSSR count). The van der Waals surface area contributed by atoms with Crippen molar-refractivity contribution >= 4 is 11.7 Å². The lowest BCUT2D eigenvalue weighted by molar-refractivity contribution is -0.0618. The predicted octanol–water partition coefficient (Wildman–Crippen LogP) is 3.92. The molecule has 158 valence electrons. The van der Waals surface area contributed by atoms with Gasteiger partial charge in [-0.2, -0.15) is 5.26 Å². The summed E-state index contributed by atoms with van der Waals surface area (Å²) in [5.41, 5.74) is 2.06. The van der Waals surface area contributed by atoms with Crippen LogP contribution in [0.15, 0.2) is 53.1 Å². The number of benzene rings is 2. The zero-order valence-electron chi connectivity index (χ0n) is 17.3. The molecule has 8 heteroatoms. The van der Waals surface area contributed by atoms with Crippen LogP contribution in [0.5, 0.6) is 5.75 Å². The van der Waals surface area contributed by atoms with Crippen molar-refractivity contribution in [2.75, 3.05) is 5.32 Å². The number of nitrogens with one attached hydrogen (secondary N) is 2. The van der Waals surface area contributed by atoms with Crippen molar-refractivity contribution in [1.29, 1.82) is 5.26 Å². The first kappa shape index (κ1) is 20.4. The second kappa shape index (κ2) is 7.78. The molecule has 0 saturated carbocycles. The van der Waals surface area contributed by atoms with Crippen molar-refractivity contribution in [3.63, 3.8) is 0 Å². The first-order valence-corrected chi connectivity index (χ1v) is 9.79. The summed E-state index contributed by atoms with van der Waals surface area (Å²) in [5, 5.41) is 29.7. The van der Waals surface area contributed by atoms with Gasteiger partial charge in [0, 0.05) is 22.9 Å². The van der Waals surface area contributed by atoms with Crippen LogP contribution in [0.4, 0.5) is 10.5 Å². The summed E-state index contributed by atoms with van der Waals surface area (Å²) in [7, 11) is 0. The standard InChI is InChI=1S/C23H22N4O4/c1-13-9-18(27-31-13)15-5-4-6-16(11-15)25-22(29)26-20-17-10-14(12-24)7-8-19(17)30-23(2,3)21(20)28/h4-11,20-21,28H,1-3H3,(H2,25,26,29)/t20-,21+/m1/s1. The van der Waals surface area contributed by atoms with E-state index in [1.54, 1.807) is 50.2 Å². The highest BCUT2D eigenvalue weighted by atomic mass is 16.5. The van der Waals surface area contributed by atoms with Crippen LogP contribution in [0.3, 0.4) is 0 Å². The Morgan fingerprint density at radius 2 is 2.03 bits per heavy atom. The second-order valence-electron chi connectivity index (χ2n) is 7.99. The minimum absolute atomic E-state index is 0.414. The molecule has 2 atom stereocenters. The summed E-state index contributed by atoms with van der Waals surface area (Å²) in [5.74, 6) is 1.21. The first-order valence-electron chi connectivity index (χ1n) is 9.79. The van der Waals surface area contributed by atoms with Crippen molar-refractivity contribution in [2.24, 2.45) is 0 Å². The molecule has 0 aliphatic carbocycles. The molecule has 0 unspecified atom stereocenters. The third kappa shape index (κ3) is 4.09. The molecule has 31 heavy (non-hydrogen) atoms. The van der Waals surface area contributed by atoms with Gasteiger partial charge < -0.3 is 25.0 Å². The van der Waals surface area contributed by atoms with Crippen LogP contribution in [0.2, 0.25) is 0 Å². The molecule has 0 bridgehead atoms. The van der Waals surface area contributed by atoms with E-state index < -0.39 is 23.8 Å². The number of nitriles is 1. The zero-order chi connectivity index (χ0) is 22.2. The topological polar surface area (TPSA) is 120 Å². The van der Waals surface area contributed by atoms with Crippen LogP contribution in [-0.2, 0) is 0 Å². The van der Waals surface area contributed by atoms with Gasteiger partial charge in [-0.15, -0.1) is 0 Å². The number of aliphatic hydroxyl groups excluding tert-OH is 1. The van der Waals surface area contributed by atoms with Gasteiger partial charge in [-0.25, -0.2) is 4.79 Å². The van der Waals surface area contributed by atoms with Crippen molar-refractivity contribution in [2.45, 2.75) is 38.5 Å². The Morgan fingerprint density at radius 1 is 1.23 bits per heavy atom. The number of aliphatic hydroxyl groups is 1. The number of hydrogen-bond donors (Lipinski definition) is 3. The number of aromatic nitrogens is 1. The van der Waals surface area contributed by atoms with Gasteiger partial charge in [-0.3, -0.25) is 0 Å². The molecule has 0 fully saturated rings. The van der Waals surface area contributed by atoms with E-state index in [4.69, 9.17) is 9.26 Å². The van der Waals surface area contributed by atoms with Gasteiger partial charge in [0.25, 0.3) is 0 Å². The van der Waals surface area contributed by atoms with Crippen LogP contribution in [0.25, 0.3) is 11.3 Å². The molecule has 0 spiro atoms. The number of carbonyl (C=O) groups is 1. The maximum Gasteiger partial charge on any atom is 0.319 e. The Morgan fingerprint density at radius 3 is 2.74 bits per heavy atom. The van der Waals surface area contributed by atoms with E-state index in [0.717, 1.165) is 5.56 Å². The number of nitrogens with zero attached hydrogens (tertiary/aromatic N) is 2. The van der Waals surface area contributed by atoms with Gasteiger partial charge in [-0.1, -0.05) is 17.3 Å². The van der Waals surface area contributed by atoms with Crippen LogP contribution in [0, 0.1) is 18.3 Å². The summed E-state index contributed by atoms with van der Waals surface area (Å²) in [6.45, 7) is 5.30. The molecule has 0 radical (unpaired) electrons. The highest BCUT2D eigenvalue weighted by Gasteiger charge is 2.43. The van der Waals surface area contributed by atoms with E-state index in [1.165, 1.54) is 0 Å². The Labute approximate surface area is 179 Å². The summed E-state index contributed by atoms with van der Waals surface area (Å²) in [4.78, 5) is 12.8. The van der Waals surface area contributed by atoms with Gasteiger partial charge in [0.15, 0.2) is 0 Å². The second-order valence-corrected chi connectivity index (χ2v) is 7.99. The molecule has 1 aromatic heterocycles. The number of hydrogen-bond acceptors (Lipinski definition) is 6. The van der Waals surface area contributed by atoms with Gasteiger partial charge in [0.1, 0.15) is 28.9 Å². The van der Waals surface area contributed by atoms with E-state index in [-0.39, 0.29) is 0 Å². The Balaban J connectivity index is 1.56. The van der Waals surface area contributed by atoms with Crippen molar-refractivity contribution in [3.05, 3.63) is 65.4 Å². The normalized spacial score (nSPS) is 18.9. The highest BCUT2D eigenvalue weighted by Crippen LogP contribution is 2.40. The molecule has 8 nitrogen and oxygen atoms in total. The average Bonchev–Trinajstić information content (AvgIpc) is 3.17. The van der Waals surface area contributed by atoms with Crippen LogP contribution in [0.1, 0.15) is 36.8 Å². The minimum Gasteiger partial charge on any atom is -0.485 e. The quantitative estimate of drug-likeness (QED) is 0.593. The lowest BCUT2D eigenvalue weighted by Crippen LogP contribution is -2.54. The molecular weight excluding hydrogens is 396 g/mol. The fourth-order valence-corrected chi connectivity index (χ4v) is 3.59. The maximum atomic E-state index is 12.8. The molecule has 0 saturated heterocycles. The molecular formula is C23H22N4O4. The lowest BCUT2D eigenvalue weighted by atomic mass is 9.86. The minimum atomic E-state index is -1.02. The SMILES string of the molecule is Cc1cc(-c2cccc(NC(=O)N[C@@H]3c4cc(C#N)ccc4OC(C)(C)[C@H]3O)c2)no1. The third-order valence-electron chi connectivity index (χ3n) is 5.21. The maximum absolute atomic E-state index is 12.8. The summed E-state index contributed by atoms with van der Waals surface area (Å²) in [6.07, 6.45) is -1.02. The average molecular weight is 418 g/mol. The number of fused-ring (bicyclic) bond motifs is 1. The third-order valence-corrected chi connectivity index (χ3v) is 5.21. The van der Waals surface area contributed by atoms with E-state index >= 15 is 0 Å². The Kier molecular flexibility index (Phi) is 5.13. The number of urea groups is 1. The largest absolute Gasteiger partial charge is 0.485 e. The molecule has 2 aromatic carbocycles. The molecule has 3 aromatic rings. The van der Waals surface area contributed by atoms with Crippen LogP contribution < -0.4 is 15.4 Å². The molecule has 2 amide bonds. The number of carbonyl (C=O) groups excluding carboxylic acids is 1. The molecule has 1 aliphatic rings. The fourth-order valence-electron chi connectivity index (χ4n) is 3.59. The Bertz CT molecular complexity index is 1180. The van der Waals surface area contributed by atoms with Crippen molar-refractivity contribution in [1.82, 2.24) is 10.5 Å².